The molecule has 0 saturated heterocycles. The third kappa shape index (κ3) is 2.79. The van der Waals surface area contributed by atoms with E-state index < -0.39 is 0 Å². The van der Waals surface area contributed by atoms with Gasteiger partial charge in [-0.15, -0.1) is 0 Å². The van der Waals surface area contributed by atoms with Gasteiger partial charge in [-0.1, -0.05) is 45.0 Å². The van der Waals surface area contributed by atoms with Crippen LogP contribution in [0.1, 0.15) is 26.3 Å². The van der Waals surface area contributed by atoms with Crippen LogP contribution in [0.25, 0.3) is 10.8 Å². The highest BCUT2D eigenvalue weighted by molar-refractivity contribution is 5.83. The van der Waals surface area contributed by atoms with Gasteiger partial charge < -0.3 is 0 Å². The molecule has 0 aliphatic carbocycles. The fourth-order valence-electron chi connectivity index (χ4n) is 1.49. The van der Waals surface area contributed by atoms with Crippen LogP contribution >= 0.6 is 0 Å². The summed E-state index contributed by atoms with van der Waals surface area (Å²) in [7, 11) is 0. The predicted octanol–water partition coefficient (Wildman–Crippen LogP) is 4.57. The summed E-state index contributed by atoms with van der Waals surface area (Å²) in [4.78, 5) is 0. The Morgan fingerprint density at radius 2 is 1.53 bits per heavy atom. The van der Waals surface area contributed by atoms with Crippen LogP contribution in [-0.4, -0.2) is 0 Å². The van der Waals surface area contributed by atoms with Crippen LogP contribution in [0.5, 0.6) is 0 Å². The first-order valence-corrected chi connectivity index (χ1v) is 5.48. The minimum absolute atomic E-state index is 0.170. The van der Waals surface area contributed by atoms with Gasteiger partial charge in [-0.05, 0) is 34.9 Å². The molecular weight excluding hydrogens is 187 g/mol. The zero-order valence-electron chi connectivity index (χ0n) is 9.55. The van der Waals surface area contributed by atoms with E-state index in [0.29, 0.717) is 0 Å². The van der Waals surface area contributed by atoms with Gasteiger partial charge in [0.2, 0.25) is 0 Å². The monoisotopic (exact) mass is 204 g/mol. The Hall–Kier alpha value is -1.37. The van der Waals surface area contributed by atoms with E-state index in [1.54, 1.807) is 6.07 Å². The van der Waals surface area contributed by atoms with Gasteiger partial charge in [0.05, 0.1) is 0 Å². The summed E-state index contributed by atoms with van der Waals surface area (Å²) in [5.41, 5.74) is 1.29. The number of halogens is 1. The fraction of sp³-hybridized carbons (Fsp3) is 0.286. The lowest BCUT2D eigenvalue weighted by Crippen LogP contribution is -1.81. The fourth-order valence-corrected chi connectivity index (χ4v) is 1.49. The summed E-state index contributed by atoms with van der Waals surface area (Å²) >= 11 is 0. The second-order valence-electron chi connectivity index (χ2n) is 3.18. The molecule has 0 aromatic heterocycles. The SMILES string of the molecule is CC.CCc1ccc2cc(F)ccc2c1. The molecule has 0 spiro atoms. The third-order valence-corrected chi connectivity index (χ3v) is 2.27. The number of fused-ring (bicyclic) bond motifs is 1. The number of benzene rings is 2. The molecule has 0 atom stereocenters. The topological polar surface area (TPSA) is 0 Å². The minimum atomic E-state index is -0.170. The van der Waals surface area contributed by atoms with E-state index in [2.05, 4.69) is 13.0 Å². The molecule has 2 rings (SSSR count). The second kappa shape index (κ2) is 5.50. The second-order valence-corrected chi connectivity index (χ2v) is 3.18. The number of aryl methyl sites for hydroxylation is 1. The van der Waals surface area contributed by atoms with E-state index in [0.717, 1.165) is 17.2 Å². The Bertz CT molecular complexity index is 432. The molecule has 0 heterocycles. The van der Waals surface area contributed by atoms with Crippen LogP contribution in [0.15, 0.2) is 36.4 Å². The highest BCUT2D eigenvalue weighted by atomic mass is 19.1. The average molecular weight is 204 g/mol. The van der Waals surface area contributed by atoms with Crippen LogP contribution in [0.2, 0.25) is 0 Å². The standard InChI is InChI=1S/C12H11F.C2H6/c1-2-9-3-4-11-8-12(13)6-5-10(11)7-9;1-2/h3-8H,2H2,1H3;1-2H3. The van der Waals surface area contributed by atoms with Crippen molar-refractivity contribution in [3.05, 3.63) is 47.8 Å². The molecule has 2 aromatic rings. The smallest absolute Gasteiger partial charge is 0.123 e. The largest absolute Gasteiger partial charge is 0.207 e. The first kappa shape index (κ1) is 11.7. The van der Waals surface area contributed by atoms with Gasteiger partial charge in [0.15, 0.2) is 0 Å². The maximum absolute atomic E-state index is 12.8. The molecule has 0 saturated carbocycles. The van der Waals surface area contributed by atoms with Crippen LogP contribution in [-0.2, 0) is 6.42 Å². The molecule has 0 N–H and O–H groups in total. The Morgan fingerprint density at radius 1 is 0.933 bits per heavy atom. The zero-order chi connectivity index (χ0) is 11.3. The number of hydrogen-bond donors (Lipinski definition) is 0. The molecule has 80 valence electrons. The van der Waals surface area contributed by atoms with Crippen molar-refractivity contribution in [2.45, 2.75) is 27.2 Å². The third-order valence-electron chi connectivity index (χ3n) is 2.27. The first-order valence-electron chi connectivity index (χ1n) is 5.48. The van der Waals surface area contributed by atoms with Crippen molar-refractivity contribution in [1.29, 1.82) is 0 Å². The number of hydrogen-bond acceptors (Lipinski definition) is 0. The molecule has 0 aliphatic heterocycles. The molecule has 0 nitrogen and oxygen atoms in total. The normalized spacial score (nSPS) is 9.60. The van der Waals surface area contributed by atoms with Gasteiger partial charge in [-0.2, -0.15) is 0 Å². The Kier molecular flexibility index (Phi) is 4.29. The van der Waals surface area contributed by atoms with Crippen molar-refractivity contribution in [2.75, 3.05) is 0 Å². The lowest BCUT2D eigenvalue weighted by molar-refractivity contribution is 0.630. The average Bonchev–Trinajstić information content (AvgIpc) is 2.31. The molecule has 0 aliphatic rings. The van der Waals surface area contributed by atoms with Crippen LogP contribution in [0, 0.1) is 5.82 Å². The van der Waals surface area contributed by atoms with E-state index >= 15 is 0 Å². The quantitative estimate of drug-likeness (QED) is 0.638. The van der Waals surface area contributed by atoms with E-state index in [4.69, 9.17) is 0 Å². The van der Waals surface area contributed by atoms with Crippen LogP contribution < -0.4 is 0 Å². The van der Waals surface area contributed by atoms with Gasteiger partial charge in [0, 0.05) is 0 Å². The lowest BCUT2D eigenvalue weighted by atomic mass is 10.1. The Labute approximate surface area is 90.7 Å². The number of rotatable bonds is 1. The maximum atomic E-state index is 12.8. The molecule has 0 bridgehead atoms. The lowest BCUT2D eigenvalue weighted by Gasteiger charge is -2.00. The van der Waals surface area contributed by atoms with Crippen molar-refractivity contribution in [2.24, 2.45) is 0 Å². The van der Waals surface area contributed by atoms with Gasteiger partial charge >= 0.3 is 0 Å². The Balaban J connectivity index is 0.000000531. The van der Waals surface area contributed by atoms with Crippen LogP contribution in [0.3, 0.4) is 0 Å². The van der Waals surface area contributed by atoms with E-state index in [9.17, 15) is 4.39 Å². The molecule has 0 radical (unpaired) electrons. The molecule has 1 heteroatoms. The van der Waals surface area contributed by atoms with Crippen molar-refractivity contribution in [1.82, 2.24) is 0 Å². The van der Waals surface area contributed by atoms with Gasteiger partial charge in [0.25, 0.3) is 0 Å². The summed E-state index contributed by atoms with van der Waals surface area (Å²) in [6.07, 6.45) is 1.02. The van der Waals surface area contributed by atoms with Crippen LogP contribution in [0.4, 0.5) is 4.39 Å². The molecule has 2 aromatic carbocycles. The highest BCUT2D eigenvalue weighted by Gasteiger charge is 1.96. The minimum Gasteiger partial charge on any atom is -0.207 e. The Morgan fingerprint density at radius 3 is 2.20 bits per heavy atom. The van der Waals surface area contributed by atoms with Crippen molar-refractivity contribution in [3.63, 3.8) is 0 Å². The molecule has 0 fully saturated rings. The van der Waals surface area contributed by atoms with Crippen molar-refractivity contribution < 1.29 is 4.39 Å². The molecule has 0 amide bonds. The highest BCUT2D eigenvalue weighted by Crippen LogP contribution is 2.17. The predicted molar refractivity (Wildman–Crippen MR) is 64.6 cm³/mol. The summed E-state index contributed by atoms with van der Waals surface area (Å²) in [5.74, 6) is -0.170. The summed E-state index contributed by atoms with van der Waals surface area (Å²) in [5, 5.41) is 2.08. The van der Waals surface area contributed by atoms with E-state index in [1.807, 2.05) is 32.0 Å². The summed E-state index contributed by atoms with van der Waals surface area (Å²) in [6.45, 7) is 6.12. The molecule has 0 unspecified atom stereocenters. The molecule has 15 heavy (non-hydrogen) atoms. The molecular formula is C14H17F. The van der Waals surface area contributed by atoms with Gasteiger partial charge in [-0.3, -0.25) is 0 Å². The maximum Gasteiger partial charge on any atom is 0.123 e. The van der Waals surface area contributed by atoms with Crippen molar-refractivity contribution in [3.8, 4) is 0 Å². The van der Waals surface area contributed by atoms with E-state index in [1.165, 1.54) is 11.6 Å². The van der Waals surface area contributed by atoms with E-state index in [-0.39, 0.29) is 5.82 Å². The first-order chi connectivity index (χ1) is 7.29. The van der Waals surface area contributed by atoms with Gasteiger partial charge in [-0.25, -0.2) is 4.39 Å². The zero-order valence-corrected chi connectivity index (χ0v) is 9.55. The summed E-state index contributed by atoms with van der Waals surface area (Å²) in [6, 6.07) is 11.0. The van der Waals surface area contributed by atoms with Gasteiger partial charge in [0.1, 0.15) is 5.82 Å². The summed E-state index contributed by atoms with van der Waals surface area (Å²) < 4.78 is 12.8. The van der Waals surface area contributed by atoms with Crippen molar-refractivity contribution >= 4 is 10.8 Å².